The van der Waals surface area contributed by atoms with E-state index in [9.17, 15) is 4.79 Å². The molecule has 3 aliphatic rings. The van der Waals surface area contributed by atoms with E-state index in [4.69, 9.17) is 5.11 Å². The molecule has 3 heteroatoms. The first kappa shape index (κ1) is 9.64. The van der Waals surface area contributed by atoms with Gasteiger partial charge in [0.05, 0.1) is 0 Å². The zero-order chi connectivity index (χ0) is 10.4. The summed E-state index contributed by atoms with van der Waals surface area (Å²) in [5, 5.41) is 8.90. The summed E-state index contributed by atoms with van der Waals surface area (Å²) in [5.41, 5.74) is 0. The summed E-state index contributed by atoms with van der Waals surface area (Å²) >= 11 is 0. The van der Waals surface area contributed by atoms with Crippen LogP contribution in [0.1, 0.15) is 32.1 Å². The Balaban J connectivity index is 1.66. The lowest BCUT2D eigenvalue weighted by Crippen LogP contribution is -2.43. The standard InChI is InChI=1S/C12H19NO2/c14-12(15)5-11-8-1-2-9(11)7-13(6-8)10-3-4-10/h8-11H,1-7H2,(H,14,15). The highest BCUT2D eigenvalue weighted by Crippen LogP contribution is 2.46. The van der Waals surface area contributed by atoms with E-state index in [1.54, 1.807) is 0 Å². The van der Waals surface area contributed by atoms with Crippen LogP contribution in [0.25, 0.3) is 0 Å². The molecule has 3 rings (SSSR count). The molecule has 3 nitrogen and oxygen atoms in total. The van der Waals surface area contributed by atoms with Gasteiger partial charge < -0.3 is 5.11 Å². The largest absolute Gasteiger partial charge is 0.481 e. The van der Waals surface area contributed by atoms with Crippen LogP contribution in [0.2, 0.25) is 0 Å². The van der Waals surface area contributed by atoms with Crippen molar-refractivity contribution in [3.05, 3.63) is 0 Å². The third-order valence-electron chi connectivity index (χ3n) is 4.53. The lowest BCUT2D eigenvalue weighted by atomic mass is 9.82. The number of fused-ring (bicyclic) bond motifs is 2. The third-order valence-corrected chi connectivity index (χ3v) is 4.53. The molecule has 0 aromatic heterocycles. The van der Waals surface area contributed by atoms with Crippen molar-refractivity contribution in [1.29, 1.82) is 0 Å². The van der Waals surface area contributed by atoms with E-state index in [1.807, 2.05) is 0 Å². The summed E-state index contributed by atoms with van der Waals surface area (Å²) in [5.74, 6) is 1.25. The van der Waals surface area contributed by atoms with Gasteiger partial charge >= 0.3 is 5.97 Å². The van der Waals surface area contributed by atoms with Gasteiger partial charge in [0.2, 0.25) is 0 Å². The van der Waals surface area contributed by atoms with E-state index in [0.29, 0.717) is 24.2 Å². The van der Waals surface area contributed by atoms with Gasteiger partial charge in [0.25, 0.3) is 0 Å². The van der Waals surface area contributed by atoms with Crippen LogP contribution in [-0.4, -0.2) is 35.1 Å². The van der Waals surface area contributed by atoms with Gasteiger partial charge in [0, 0.05) is 25.6 Å². The number of aliphatic carboxylic acids is 1. The van der Waals surface area contributed by atoms with E-state index in [-0.39, 0.29) is 0 Å². The van der Waals surface area contributed by atoms with Gasteiger partial charge in [0.1, 0.15) is 0 Å². The predicted octanol–water partition coefficient (Wildman–Crippen LogP) is 1.58. The van der Waals surface area contributed by atoms with Crippen LogP contribution in [0.5, 0.6) is 0 Å². The summed E-state index contributed by atoms with van der Waals surface area (Å²) in [4.78, 5) is 13.4. The maximum Gasteiger partial charge on any atom is 0.303 e. The monoisotopic (exact) mass is 209 g/mol. The molecule has 0 radical (unpaired) electrons. The molecule has 0 amide bonds. The van der Waals surface area contributed by atoms with E-state index in [0.717, 1.165) is 6.04 Å². The first-order chi connectivity index (χ1) is 7.24. The average molecular weight is 209 g/mol. The SMILES string of the molecule is O=C(O)CC1C2CCC1CN(C1CC1)C2. The molecule has 0 spiro atoms. The van der Waals surface area contributed by atoms with E-state index in [1.165, 1.54) is 38.8 Å². The van der Waals surface area contributed by atoms with Crippen LogP contribution >= 0.6 is 0 Å². The van der Waals surface area contributed by atoms with Crippen LogP contribution < -0.4 is 0 Å². The Morgan fingerprint density at radius 2 is 1.73 bits per heavy atom. The zero-order valence-electron chi connectivity index (χ0n) is 9.06. The van der Waals surface area contributed by atoms with E-state index >= 15 is 0 Å². The molecule has 1 saturated heterocycles. The lowest BCUT2D eigenvalue weighted by molar-refractivity contribution is -0.139. The Morgan fingerprint density at radius 1 is 1.13 bits per heavy atom. The normalized spacial score (nSPS) is 40.7. The molecule has 15 heavy (non-hydrogen) atoms. The molecule has 2 aliphatic carbocycles. The fourth-order valence-corrected chi connectivity index (χ4v) is 3.64. The molecular weight excluding hydrogens is 190 g/mol. The molecule has 1 heterocycles. The predicted molar refractivity (Wildman–Crippen MR) is 56.6 cm³/mol. The number of carboxylic acids is 1. The number of hydrogen-bond acceptors (Lipinski definition) is 2. The maximum atomic E-state index is 10.8. The van der Waals surface area contributed by atoms with Gasteiger partial charge in [-0.3, -0.25) is 9.69 Å². The molecule has 2 atom stereocenters. The molecule has 0 aromatic rings. The van der Waals surface area contributed by atoms with Gasteiger partial charge in [-0.25, -0.2) is 0 Å². The van der Waals surface area contributed by atoms with Crippen LogP contribution in [0.3, 0.4) is 0 Å². The summed E-state index contributed by atoms with van der Waals surface area (Å²) in [6.07, 6.45) is 5.71. The molecule has 1 N–H and O–H groups in total. The summed E-state index contributed by atoms with van der Waals surface area (Å²) in [6.45, 7) is 2.36. The number of carbonyl (C=O) groups is 1. The van der Waals surface area contributed by atoms with Crippen molar-refractivity contribution in [1.82, 2.24) is 4.90 Å². The van der Waals surface area contributed by atoms with Gasteiger partial charge in [-0.1, -0.05) is 0 Å². The topological polar surface area (TPSA) is 40.5 Å². The fraction of sp³-hybridized carbons (Fsp3) is 0.917. The second-order valence-electron chi connectivity index (χ2n) is 5.54. The number of carboxylic acid groups (broad SMARTS) is 1. The van der Waals surface area contributed by atoms with Crippen molar-refractivity contribution >= 4 is 5.97 Å². The minimum absolute atomic E-state index is 0.411. The number of likely N-dealkylation sites (tertiary alicyclic amines) is 1. The molecule has 2 bridgehead atoms. The number of piperidine rings is 1. The van der Waals surface area contributed by atoms with Gasteiger partial charge in [-0.15, -0.1) is 0 Å². The maximum absolute atomic E-state index is 10.8. The van der Waals surface area contributed by atoms with Crippen molar-refractivity contribution in [2.24, 2.45) is 17.8 Å². The number of rotatable bonds is 3. The minimum atomic E-state index is -0.600. The Morgan fingerprint density at radius 3 is 2.20 bits per heavy atom. The van der Waals surface area contributed by atoms with E-state index in [2.05, 4.69) is 4.90 Å². The number of hydrogen-bond donors (Lipinski definition) is 1. The minimum Gasteiger partial charge on any atom is -0.481 e. The molecule has 2 unspecified atom stereocenters. The van der Waals surface area contributed by atoms with Crippen LogP contribution in [-0.2, 0) is 4.79 Å². The molecule has 3 fully saturated rings. The summed E-state index contributed by atoms with van der Waals surface area (Å²) in [6, 6.07) is 0.860. The molecular formula is C12H19NO2. The van der Waals surface area contributed by atoms with Crippen molar-refractivity contribution in [2.45, 2.75) is 38.1 Å². The van der Waals surface area contributed by atoms with Crippen molar-refractivity contribution in [3.8, 4) is 0 Å². The Hall–Kier alpha value is -0.570. The summed E-state index contributed by atoms with van der Waals surface area (Å²) in [7, 11) is 0. The first-order valence-corrected chi connectivity index (χ1v) is 6.20. The van der Waals surface area contributed by atoms with Crippen molar-refractivity contribution < 1.29 is 9.90 Å². The molecule has 84 valence electrons. The van der Waals surface area contributed by atoms with Crippen LogP contribution in [0, 0.1) is 17.8 Å². The highest BCUT2D eigenvalue weighted by atomic mass is 16.4. The average Bonchev–Trinajstić information content (AvgIpc) is 2.98. The van der Waals surface area contributed by atoms with Crippen molar-refractivity contribution in [3.63, 3.8) is 0 Å². The van der Waals surface area contributed by atoms with Gasteiger partial charge in [0.15, 0.2) is 0 Å². The smallest absolute Gasteiger partial charge is 0.303 e. The Kier molecular flexibility index (Phi) is 2.23. The molecule has 0 aromatic carbocycles. The second kappa shape index (κ2) is 3.48. The van der Waals surface area contributed by atoms with E-state index < -0.39 is 5.97 Å². The van der Waals surface area contributed by atoms with Crippen LogP contribution in [0.15, 0.2) is 0 Å². The van der Waals surface area contributed by atoms with Gasteiger partial charge in [-0.05, 0) is 43.4 Å². The summed E-state index contributed by atoms with van der Waals surface area (Å²) < 4.78 is 0. The highest BCUT2D eigenvalue weighted by molar-refractivity contribution is 5.67. The Labute approximate surface area is 90.5 Å². The van der Waals surface area contributed by atoms with Crippen molar-refractivity contribution in [2.75, 3.05) is 13.1 Å². The molecule has 1 aliphatic heterocycles. The molecule has 2 saturated carbocycles. The zero-order valence-corrected chi connectivity index (χ0v) is 9.06. The second-order valence-corrected chi connectivity index (χ2v) is 5.54. The van der Waals surface area contributed by atoms with Crippen LogP contribution in [0.4, 0.5) is 0 Å². The Bertz CT molecular complexity index is 261. The fourth-order valence-electron chi connectivity index (χ4n) is 3.64. The van der Waals surface area contributed by atoms with Gasteiger partial charge in [-0.2, -0.15) is 0 Å². The third kappa shape index (κ3) is 1.78. The first-order valence-electron chi connectivity index (χ1n) is 6.20. The lowest BCUT2D eigenvalue weighted by Gasteiger charge is -2.37. The number of nitrogens with zero attached hydrogens (tertiary/aromatic N) is 1. The highest BCUT2D eigenvalue weighted by Gasteiger charge is 2.45. The quantitative estimate of drug-likeness (QED) is 0.767.